The molecule has 84 valence electrons. The van der Waals surface area contributed by atoms with Crippen molar-refractivity contribution in [3.8, 4) is 0 Å². The molecule has 0 heterocycles. The van der Waals surface area contributed by atoms with Gasteiger partial charge in [0.05, 0.1) is 0 Å². The molecule has 0 unspecified atom stereocenters. The zero-order valence-electron chi connectivity index (χ0n) is 8.25. The Labute approximate surface area is 104 Å². The second-order valence-corrected chi connectivity index (χ2v) is 4.05. The predicted octanol–water partition coefficient (Wildman–Crippen LogP) is 3.98. The lowest BCUT2D eigenvalue weighted by Gasteiger charge is -2.11. The Bertz CT molecular complexity index is 330. The van der Waals surface area contributed by atoms with Crippen LogP contribution in [0.15, 0.2) is 35.3 Å². The minimum atomic E-state index is -0.259. The summed E-state index contributed by atoms with van der Waals surface area (Å²) in [6.45, 7) is 3.61. The summed E-state index contributed by atoms with van der Waals surface area (Å²) in [6, 6.07) is 4.56. The third-order valence-electron chi connectivity index (χ3n) is 2.04. The fourth-order valence-corrected chi connectivity index (χ4v) is 1.63. The molecule has 0 fully saturated rings. The maximum absolute atomic E-state index is 13.3. The van der Waals surface area contributed by atoms with Gasteiger partial charge in [-0.1, -0.05) is 22.0 Å². The van der Waals surface area contributed by atoms with E-state index in [4.69, 9.17) is 5.73 Å². The number of allylic oxidation sites excluding steroid dienone is 1. The largest absolute Gasteiger partial charge is 0.324 e. The van der Waals surface area contributed by atoms with Gasteiger partial charge in [0.2, 0.25) is 0 Å². The Morgan fingerprint density at radius 1 is 1.53 bits per heavy atom. The van der Waals surface area contributed by atoms with Gasteiger partial charge in [0.1, 0.15) is 5.82 Å². The molecule has 0 spiro atoms. The fourth-order valence-electron chi connectivity index (χ4n) is 1.25. The molecule has 2 N–H and O–H groups in total. The highest BCUT2D eigenvalue weighted by atomic mass is 79.9. The predicted molar refractivity (Wildman–Crippen MR) is 67.7 cm³/mol. The van der Waals surface area contributed by atoms with Crippen molar-refractivity contribution in [2.75, 3.05) is 0 Å². The van der Waals surface area contributed by atoms with E-state index in [-0.39, 0.29) is 24.3 Å². The van der Waals surface area contributed by atoms with Gasteiger partial charge in [-0.3, -0.25) is 0 Å². The van der Waals surface area contributed by atoms with E-state index in [1.807, 2.05) is 0 Å². The molecular formula is C11H14BrClFN. The molecule has 0 saturated heterocycles. The minimum absolute atomic E-state index is 0. The maximum Gasteiger partial charge on any atom is 0.128 e. The van der Waals surface area contributed by atoms with Crippen molar-refractivity contribution >= 4 is 28.3 Å². The lowest BCUT2D eigenvalue weighted by molar-refractivity contribution is 0.566. The number of nitrogens with two attached hydrogens (primary N) is 1. The first kappa shape index (κ1) is 14.6. The summed E-state index contributed by atoms with van der Waals surface area (Å²) >= 11 is 3.29. The van der Waals surface area contributed by atoms with E-state index in [1.54, 1.807) is 18.2 Å². The van der Waals surface area contributed by atoms with Crippen molar-refractivity contribution in [1.82, 2.24) is 0 Å². The van der Waals surface area contributed by atoms with Crippen molar-refractivity contribution in [1.29, 1.82) is 0 Å². The van der Waals surface area contributed by atoms with Crippen LogP contribution in [-0.4, -0.2) is 0 Å². The van der Waals surface area contributed by atoms with Gasteiger partial charge < -0.3 is 5.73 Å². The Kier molecular flexibility index (Phi) is 6.81. The minimum Gasteiger partial charge on any atom is -0.324 e. The molecule has 0 saturated carbocycles. The fraction of sp³-hybridized carbons (Fsp3) is 0.273. The zero-order valence-corrected chi connectivity index (χ0v) is 10.7. The first-order valence-corrected chi connectivity index (χ1v) is 5.26. The summed E-state index contributed by atoms with van der Waals surface area (Å²) in [5.74, 6) is -0.246. The van der Waals surface area contributed by atoms with E-state index in [0.29, 0.717) is 5.56 Å². The van der Waals surface area contributed by atoms with Gasteiger partial charge in [-0.15, -0.1) is 19.0 Å². The van der Waals surface area contributed by atoms with Crippen LogP contribution in [0.25, 0.3) is 0 Å². The Balaban J connectivity index is 0.00000196. The third kappa shape index (κ3) is 4.33. The van der Waals surface area contributed by atoms with E-state index in [1.165, 1.54) is 6.07 Å². The van der Waals surface area contributed by atoms with Crippen LogP contribution in [0.2, 0.25) is 0 Å². The number of hydrogen-bond acceptors (Lipinski definition) is 1. The Morgan fingerprint density at radius 3 is 2.80 bits per heavy atom. The average molecular weight is 295 g/mol. The van der Waals surface area contributed by atoms with E-state index in [9.17, 15) is 4.39 Å². The van der Waals surface area contributed by atoms with Crippen LogP contribution >= 0.6 is 28.3 Å². The summed E-state index contributed by atoms with van der Waals surface area (Å²) in [4.78, 5) is 0. The second kappa shape index (κ2) is 6.99. The van der Waals surface area contributed by atoms with Crippen molar-refractivity contribution < 1.29 is 4.39 Å². The highest BCUT2D eigenvalue weighted by Crippen LogP contribution is 2.23. The highest BCUT2D eigenvalue weighted by Gasteiger charge is 2.10. The van der Waals surface area contributed by atoms with Crippen molar-refractivity contribution in [3.05, 3.63) is 46.7 Å². The maximum atomic E-state index is 13.3. The van der Waals surface area contributed by atoms with Gasteiger partial charge in [0.15, 0.2) is 0 Å². The number of rotatable bonds is 4. The second-order valence-electron chi connectivity index (χ2n) is 3.14. The Morgan fingerprint density at radius 2 is 2.20 bits per heavy atom. The molecule has 4 heteroatoms. The lowest BCUT2D eigenvalue weighted by Crippen LogP contribution is -2.11. The lowest BCUT2D eigenvalue weighted by atomic mass is 10.0. The van der Waals surface area contributed by atoms with Crippen molar-refractivity contribution in [2.45, 2.75) is 18.9 Å². The molecule has 0 aliphatic heterocycles. The molecule has 0 radical (unpaired) electrons. The SMILES string of the molecule is C=CCC[C@H](N)c1cc(Br)ccc1F.Cl. The summed E-state index contributed by atoms with van der Waals surface area (Å²) in [7, 11) is 0. The molecule has 0 aromatic heterocycles. The molecule has 1 rings (SSSR count). The topological polar surface area (TPSA) is 26.0 Å². The van der Waals surface area contributed by atoms with Gasteiger partial charge in [0, 0.05) is 16.1 Å². The molecule has 1 aromatic carbocycles. The first-order chi connectivity index (χ1) is 6.65. The molecule has 1 atom stereocenters. The van der Waals surface area contributed by atoms with E-state index >= 15 is 0 Å². The molecule has 0 bridgehead atoms. The van der Waals surface area contributed by atoms with Crippen LogP contribution in [0.5, 0.6) is 0 Å². The van der Waals surface area contributed by atoms with Crippen LogP contribution in [-0.2, 0) is 0 Å². The van der Waals surface area contributed by atoms with E-state index in [0.717, 1.165) is 17.3 Å². The smallest absolute Gasteiger partial charge is 0.128 e. The number of halogens is 3. The van der Waals surface area contributed by atoms with Gasteiger partial charge >= 0.3 is 0 Å². The summed E-state index contributed by atoms with van der Waals surface area (Å²) < 4.78 is 14.2. The van der Waals surface area contributed by atoms with Gasteiger partial charge in [-0.2, -0.15) is 0 Å². The third-order valence-corrected chi connectivity index (χ3v) is 2.53. The van der Waals surface area contributed by atoms with E-state index in [2.05, 4.69) is 22.5 Å². The van der Waals surface area contributed by atoms with Crippen LogP contribution in [0.1, 0.15) is 24.4 Å². The standard InChI is InChI=1S/C11H13BrFN.ClH/c1-2-3-4-11(14)9-7-8(12)5-6-10(9)13;/h2,5-7,11H,1,3-4,14H2;1H/t11-;/m0./s1. The zero-order chi connectivity index (χ0) is 10.6. The normalized spacial score (nSPS) is 11.7. The van der Waals surface area contributed by atoms with E-state index < -0.39 is 0 Å². The molecule has 15 heavy (non-hydrogen) atoms. The van der Waals surface area contributed by atoms with Crippen molar-refractivity contribution in [3.63, 3.8) is 0 Å². The monoisotopic (exact) mass is 293 g/mol. The first-order valence-electron chi connectivity index (χ1n) is 4.46. The van der Waals surface area contributed by atoms with Gasteiger partial charge in [-0.25, -0.2) is 4.39 Å². The van der Waals surface area contributed by atoms with Crippen LogP contribution in [0, 0.1) is 5.82 Å². The summed E-state index contributed by atoms with van der Waals surface area (Å²) in [5.41, 5.74) is 6.40. The van der Waals surface area contributed by atoms with Crippen molar-refractivity contribution in [2.24, 2.45) is 5.73 Å². The number of hydrogen-bond donors (Lipinski definition) is 1. The molecule has 0 amide bonds. The number of benzene rings is 1. The summed E-state index contributed by atoms with van der Waals surface area (Å²) in [5, 5.41) is 0. The molecule has 0 aliphatic carbocycles. The Hall–Kier alpha value is -0.380. The summed E-state index contributed by atoms with van der Waals surface area (Å²) in [6.07, 6.45) is 3.31. The molecular weight excluding hydrogens is 280 g/mol. The van der Waals surface area contributed by atoms with Gasteiger partial charge in [0.25, 0.3) is 0 Å². The quantitative estimate of drug-likeness (QED) is 0.835. The van der Waals surface area contributed by atoms with Gasteiger partial charge in [-0.05, 0) is 31.0 Å². The highest BCUT2D eigenvalue weighted by molar-refractivity contribution is 9.10. The molecule has 1 nitrogen and oxygen atoms in total. The van der Waals surface area contributed by atoms with Crippen LogP contribution in [0.4, 0.5) is 4.39 Å². The average Bonchev–Trinajstić information content (AvgIpc) is 2.18. The van der Waals surface area contributed by atoms with Crippen LogP contribution < -0.4 is 5.73 Å². The molecule has 0 aliphatic rings. The van der Waals surface area contributed by atoms with Crippen LogP contribution in [0.3, 0.4) is 0 Å². The molecule has 1 aromatic rings.